The molecule has 1 aromatic rings. The summed E-state index contributed by atoms with van der Waals surface area (Å²) in [6.45, 7) is 3.79. The SMILES string of the molecule is Cc1cnn([C@@H]2CCCN(C(=O)[C@H]3CC=CCC3)C2)c1. The number of hydrogen-bond acceptors (Lipinski definition) is 2. The van der Waals surface area contributed by atoms with Crippen LogP contribution >= 0.6 is 0 Å². The molecule has 1 aromatic heterocycles. The van der Waals surface area contributed by atoms with Crippen LogP contribution in [0.1, 0.15) is 43.7 Å². The van der Waals surface area contributed by atoms with Gasteiger partial charge in [-0.25, -0.2) is 0 Å². The van der Waals surface area contributed by atoms with E-state index in [0.29, 0.717) is 11.9 Å². The number of piperidine rings is 1. The maximum absolute atomic E-state index is 12.6. The molecular formula is C16H23N3O. The summed E-state index contributed by atoms with van der Waals surface area (Å²) in [5.41, 5.74) is 1.19. The topological polar surface area (TPSA) is 38.1 Å². The van der Waals surface area contributed by atoms with E-state index in [1.807, 2.05) is 10.9 Å². The molecule has 0 aromatic carbocycles. The Bertz CT molecular complexity index is 506. The van der Waals surface area contributed by atoms with Crippen molar-refractivity contribution in [3.63, 3.8) is 0 Å². The average molecular weight is 273 g/mol. The van der Waals surface area contributed by atoms with Gasteiger partial charge in [0.05, 0.1) is 12.2 Å². The summed E-state index contributed by atoms with van der Waals surface area (Å²) in [5.74, 6) is 0.557. The van der Waals surface area contributed by atoms with Crippen molar-refractivity contribution in [2.45, 2.75) is 45.1 Å². The molecule has 20 heavy (non-hydrogen) atoms. The zero-order valence-corrected chi connectivity index (χ0v) is 12.2. The lowest BCUT2D eigenvalue weighted by atomic mass is 9.92. The minimum absolute atomic E-state index is 0.207. The van der Waals surface area contributed by atoms with Crippen molar-refractivity contribution < 1.29 is 4.79 Å². The van der Waals surface area contributed by atoms with Crippen LogP contribution in [0.2, 0.25) is 0 Å². The molecule has 2 aliphatic rings. The van der Waals surface area contributed by atoms with Crippen molar-refractivity contribution in [3.05, 3.63) is 30.1 Å². The van der Waals surface area contributed by atoms with E-state index < -0.39 is 0 Å². The Morgan fingerprint density at radius 2 is 2.25 bits per heavy atom. The van der Waals surface area contributed by atoms with Gasteiger partial charge in [-0.3, -0.25) is 9.48 Å². The molecule has 108 valence electrons. The molecule has 0 spiro atoms. The summed E-state index contributed by atoms with van der Waals surface area (Å²) in [4.78, 5) is 14.7. The number of rotatable bonds is 2. The van der Waals surface area contributed by atoms with Crippen molar-refractivity contribution >= 4 is 5.91 Å². The van der Waals surface area contributed by atoms with Crippen LogP contribution < -0.4 is 0 Å². The standard InChI is InChI=1S/C16H23N3O/c1-13-10-17-19(11-13)15-8-5-9-18(12-15)16(20)14-6-3-2-4-7-14/h2-3,10-11,14-15H,4-9,12H2,1H3/t14-,15+/m0/s1. The summed E-state index contributed by atoms with van der Waals surface area (Å²) in [7, 11) is 0. The van der Waals surface area contributed by atoms with Crippen LogP contribution in [-0.4, -0.2) is 33.7 Å². The molecule has 3 rings (SSSR count). The van der Waals surface area contributed by atoms with E-state index >= 15 is 0 Å². The van der Waals surface area contributed by atoms with E-state index in [4.69, 9.17) is 0 Å². The summed E-state index contributed by atoms with van der Waals surface area (Å²) < 4.78 is 2.04. The van der Waals surface area contributed by atoms with E-state index in [2.05, 4.69) is 35.3 Å². The Hall–Kier alpha value is -1.58. The van der Waals surface area contributed by atoms with Gasteiger partial charge in [0.15, 0.2) is 0 Å². The highest BCUT2D eigenvalue weighted by Gasteiger charge is 2.29. The van der Waals surface area contributed by atoms with Gasteiger partial charge in [-0.05, 0) is 44.6 Å². The first-order valence-electron chi connectivity index (χ1n) is 7.68. The monoisotopic (exact) mass is 273 g/mol. The molecule has 1 fully saturated rings. The molecule has 1 aliphatic carbocycles. The fraction of sp³-hybridized carbons (Fsp3) is 0.625. The second-order valence-corrected chi connectivity index (χ2v) is 6.06. The van der Waals surface area contributed by atoms with Gasteiger partial charge >= 0.3 is 0 Å². The first-order chi connectivity index (χ1) is 9.74. The Kier molecular flexibility index (Phi) is 3.90. The van der Waals surface area contributed by atoms with Gasteiger partial charge < -0.3 is 4.90 Å². The van der Waals surface area contributed by atoms with Gasteiger partial charge in [0.2, 0.25) is 5.91 Å². The second-order valence-electron chi connectivity index (χ2n) is 6.06. The number of carbonyl (C=O) groups excluding carboxylic acids is 1. The Morgan fingerprint density at radius 1 is 1.35 bits per heavy atom. The van der Waals surface area contributed by atoms with E-state index in [-0.39, 0.29) is 5.92 Å². The number of aryl methyl sites for hydroxylation is 1. The van der Waals surface area contributed by atoms with Crippen molar-refractivity contribution in [3.8, 4) is 0 Å². The normalized spacial score (nSPS) is 26.8. The molecule has 4 nitrogen and oxygen atoms in total. The summed E-state index contributed by atoms with van der Waals surface area (Å²) in [6.07, 6.45) is 13.5. The first-order valence-corrected chi connectivity index (χ1v) is 7.68. The van der Waals surface area contributed by atoms with Crippen LogP contribution in [0.15, 0.2) is 24.5 Å². The third-order valence-electron chi connectivity index (χ3n) is 4.43. The summed E-state index contributed by atoms with van der Waals surface area (Å²) in [5, 5.41) is 4.41. The second kappa shape index (κ2) is 5.81. The average Bonchev–Trinajstić information content (AvgIpc) is 2.94. The molecule has 0 N–H and O–H groups in total. The summed E-state index contributed by atoms with van der Waals surface area (Å²) in [6, 6.07) is 0.348. The molecule has 4 heteroatoms. The molecule has 0 bridgehead atoms. The van der Waals surface area contributed by atoms with Gasteiger partial charge in [0.1, 0.15) is 0 Å². The highest BCUT2D eigenvalue weighted by Crippen LogP contribution is 2.26. The van der Waals surface area contributed by atoms with Crippen molar-refractivity contribution in [2.24, 2.45) is 5.92 Å². The maximum Gasteiger partial charge on any atom is 0.226 e. The van der Waals surface area contributed by atoms with E-state index in [1.165, 1.54) is 5.56 Å². The van der Waals surface area contributed by atoms with Crippen LogP contribution in [-0.2, 0) is 4.79 Å². The Labute approximate surface area is 120 Å². The Balaban J connectivity index is 1.65. The summed E-state index contributed by atoms with van der Waals surface area (Å²) >= 11 is 0. The number of allylic oxidation sites excluding steroid dienone is 2. The third-order valence-corrected chi connectivity index (χ3v) is 4.43. The van der Waals surface area contributed by atoms with Gasteiger partial charge in [-0.2, -0.15) is 5.10 Å². The lowest BCUT2D eigenvalue weighted by Crippen LogP contribution is -2.43. The lowest BCUT2D eigenvalue weighted by Gasteiger charge is -2.35. The number of hydrogen-bond donors (Lipinski definition) is 0. The van der Waals surface area contributed by atoms with Crippen molar-refractivity contribution in [1.29, 1.82) is 0 Å². The predicted octanol–water partition coefficient (Wildman–Crippen LogP) is 2.71. The zero-order valence-electron chi connectivity index (χ0n) is 12.2. The smallest absolute Gasteiger partial charge is 0.226 e. The molecule has 2 atom stereocenters. The van der Waals surface area contributed by atoms with Crippen molar-refractivity contribution in [2.75, 3.05) is 13.1 Å². The Morgan fingerprint density at radius 3 is 2.95 bits per heavy atom. The number of carbonyl (C=O) groups is 1. The van der Waals surface area contributed by atoms with Crippen LogP contribution in [0, 0.1) is 12.8 Å². The maximum atomic E-state index is 12.6. The van der Waals surface area contributed by atoms with Crippen LogP contribution in [0.4, 0.5) is 0 Å². The molecule has 1 amide bonds. The molecular weight excluding hydrogens is 250 g/mol. The zero-order chi connectivity index (χ0) is 13.9. The molecule has 1 saturated heterocycles. The van der Waals surface area contributed by atoms with Crippen LogP contribution in [0.25, 0.3) is 0 Å². The number of likely N-dealkylation sites (tertiary alicyclic amines) is 1. The van der Waals surface area contributed by atoms with E-state index in [9.17, 15) is 4.79 Å². The molecule has 2 heterocycles. The van der Waals surface area contributed by atoms with Crippen LogP contribution in [0.5, 0.6) is 0 Å². The minimum atomic E-state index is 0.207. The molecule has 0 saturated carbocycles. The molecule has 0 unspecified atom stereocenters. The lowest BCUT2D eigenvalue weighted by molar-refractivity contribution is -0.137. The van der Waals surface area contributed by atoms with Gasteiger partial charge in [-0.1, -0.05) is 12.2 Å². The predicted molar refractivity (Wildman–Crippen MR) is 78.3 cm³/mol. The molecule has 1 aliphatic heterocycles. The largest absolute Gasteiger partial charge is 0.340 e. The van der Waals surface area contributed by atoms with Gasteiger partial charge in [0.25, 0.3) is 0 Å². The fourth-order valence-corrected chi connectivity index (χ4v) is 3.28. The highest BCUT2D eigenvalue weighted by molar-refractivity contribution is 5.79. The van der Waals surface area contributed by atoms with Crippen LogP contribution in [0.3, 0.4) is 0 Å². The van der Waals surface area contributed by atoms with Crippen molar-refractivity contribution in [1.82, 2.24) is 14.7 Å². The molecule has 0 radical (unpaired) electrons. The highest BCUT2D eigenvalue weighted by atomic mass is 16.2. The van der Waals surface area contributed by atoms with Gasteiger partial charge in [-0.15, -0.1) is 0 Å². The number of nitrogens with zero attached hydrogens (tertiary/aromatic N) is 3. The van der Waals surface area contributed by atoms with Gasteiger partial charge in [0, 0.05) is 25.2 Å². The number of aromatic nitrogens is 2. The van der Waals surface area contributed by atoms with E-state index in [0.717, 1.165) is 45.2 Å². The fourth-order valence-electron chi connectivity index (χ4n) is 3.28. The van der Waals surface area contributed by atoms with E-state index in [1.54, 1.807) is 0 Å². The quantitative estimate of drug-likeness (QED) is 0.777. The first kappa shape index (κ1) is 13.4. The minimum Gasteiger partial charge on any atom is -0.340 e. The third kappa shape index (κ3) is 2.79. The number of amides is 1.